The van der Waals surface area contributed by atoms with Gasteiger partial charge in [-0.1, -0.05) is 30.3 Å². The molecule has 0 unspecified atom stereocenters. The molecule has 116 valence electrons. The van der Waals surface area contributed by atoms with E-state index in [1.54, 1.807) is 4.90 Å². The molecule has 0 saturated carbocycles. The first-order valence-electron chi connectivity index (χ1n) is 7.19. The highest BCUT2D eigenvalue weighted by Crippen LogP contribution is 2.08. The van der Waals surface area contributed by atoms with Crippen molar-refractivity contribution < 1.29 is 9.59 Å². The van der Waals surface area contributed by atoms with Crippen molar-refractivity contribution in [3.63, 3.8) is 0 Å². The molecule has 0 saturated heterocycles. The van der Waals surface area contributed by atoms with E-state index in [9.17, 15) is 9.59 Å². The Balaban J connectivity index is 2.63. The quantitative estimate of drug-likeness (QED) is 0.799. The minimum Gasteiger partial charge on any atom is -0.347 e. The van der Waals surface area contributed by atoms with Gasteiger partial charge in [0, 0.05) is 25.7 Å². The number of carbonyl (C=O) groups is 2. The van der Waals surface area contributed by atoms with Gasteiger partial charge < -0.3 is 15.1 Å². The lowest BCUT2D eigenvalue weighted by Crippen LogP contribution is -2.46. The monoisotopic (exact) mass is 291 g/mol. The van der Waals surface area contributed by atoms with Crippen LogP contribution in [-0.2, 0) is 16.1 Å². The lowest BCUT2D eigenvalue weighted by Gasteiger charge is -2.26. The van der Waals surface area contributed by atoms with E-state index < -0.39 is 11.8 Å². The molecule has 0 heterocycles. The van der Waals surface area contributed by atoms with E-state index in [-0.39, 0.29) is 6.04 Å². The Labute approximate surface area is 126 Å². The Morgan fingerprint density at radius 1 is 1.14 bits per heavy atom. The Morgan fingerprint density at radius 2 is 1.76 bits per heavy atom. The highest BCUT2D eigenvalue weighted by molar-refractivity contribution is 6.35. The third-order valence-corrected chi connectivity index (χ3v) is 3.12. The second-order valence-corrected chi connectivity index (χ2v) is 5.57. The van der Waals surface area contributed by atoms with Gasteiger partial charge >= 0.3 is 11.8 Å². The van der Waals surface area contributed by atoms with Crippen molar-refractivity contribution in [1.29, 1.82) is 0 Å². The van der Waals surface area contributed by atoms with Gasteiger partial charge in [-0.2, -0.15) is 0 Å². The predicted molar refractivity (Wildman–Crippen MR) is 83.7 cm³/mol. The van der Waals surface area contributed by atoms with E-state index in [1.807, 2.05) is 63.2 Å². The van der Waals surface area contributed by atoms with Crippen LogP contribution >= 0.6 is 0 Å². The number of carbonyl (C=O) groups excluding carboxylic acids is 2. The fraction of sp³-hybridized carbons (Fsp3) is 0.500. The third-order valence-electron chi connectivity index (χ3n) is 3.12. The van der Waals surface area contributed by atoms with Crippen molar-refractivity contribution in [2.75, 3.05) is 27.2 Å². The minimum atomic E-state index is -0.540. The second-order valence-electron chi connectivity index (χ2n) is 5.57. The summed E-state index contributed by atoms with van der Waals surface area (Å²) >= 11 is 0. The Kier molecular flexibility index (Phi) is 6.88. The molecule has 0 aliphatic rings. The summed E-state index contributed by atoms with van der Waals surface area (Å²) in [6.45, 7) is 5.44. The zero-order valence-electron chi connectivity index (χ0n) is 13.3. The molecule has 21 heavy (non-hydrogen) atoms. The smallest absolute Gasteiger partial charge is 0.312 e. The molecule has 1 aromatic rings. The predicted octanol–water partition coefficient (Wildman–Crippen LogP) is 1.10. The summed E-state index contributed by atoms with van der Waals surface area (Å²) in [4.78, 5) is 27.7. The number of likely N-dealkylation sites (N-methyl/N-ethyl adjacent to an activating group) is 1. The van der Waals surface area contributed by atoms with Crippen LogP contribution in [0, 0.1) is 0 Å². The summed E-state index contributed by atoms with van der Waals surface area (Å²) in [6, 6.07) is 9.65. The summed E-state index contributed by atoms with van der Waals surface area (Å²) < 4.78 is 0. The van der Waals surface area contributed by atoms with Gasteiger partial charge in [0.2, 0.25) is 0 Å². The fourth-order valence-corrected chi connectivity index (χ4v) is 1.87. The van der Waals surface area contributed by atoms with Crippen LogP contribution in [-0.4, -0.2) is 54.8 Å². The van der Waals surface area contributed by atoms with Crippen molar-refractivity contribution in [3.8, 4) is 0 Å². The highest BCUT2D eigenvalue weighted by atomic mass is 16.2. The number of hydrogen-bond donors (Lipinski definition) is 1. The minimum absolute atomic E-state index is 0.0303. The van der Waals surface area contributed by atoms with Gasteiger partial charge in [-0.3, -0.25) is 9.59 Å². The summed E-state index contributed by atoms with van der Waals surface area (Å²) in [5.74, 6) is -1.02. The lowest BCUT2D eigenvalue weighted by atomic mass is 10.2. The maximum atomic E-state index is 12.3. The van der Waals surface area contributed by atoms with E-state index in [2.05, 4.69) is 5.32 Å². The maximum Gasteiger partial charge on any atom is 0.312 e. The van der Waals surface area contributed by atoms with Crippen LogP contribution in [0.1, 0.15) is 19.4 Å². The summed E-state index contributed by atoms with van der Waals surface area (Å²) in [6.07, 6.45) is 0. The number of amides is 2. The molecule has 1 N–H and O–H groups in total. The largest absolute Gasteiger partial charge is 0.347 e. The summed E-state index contributed by atoms with van der Waals surface area (Å²) in [5, 5.41) is 2.66. The van der Waals surface area contributed by atoms with Gasteiger partial charge in [0.25, 0.3) is 0 Å². The van der Waals surface area contributed by atoms with Crippen LogP contribution in [0.4, 0.5) is 0 Å². The van der Waals surface area contributed by atoms with Gasteiger partial charge in [0.1, 0.15) is 0 Å². The van der Waals surface area contributed by atoms with E-state index in [0.717, 1.165) is 5.56 Å². The van der Waals surface area contributed by atoms with Gasteiger partial charge in [-0.25, -0.2) is 0 Å². The third kappa shape index (κ3) is 5.95. The van der Waals surface area contributed by atoms with E-state index >= 15 is 0 Å². The molecule has 2 amide bonds. The molecule has 1 aromatic carbocycles. The molecule has 0 fully saturated rings. The van der Waals surface area contributed by atoms with E-state index in [0.29, 0.717) is 19.6 Å². The molecule has 0 atom stereocenters. The van der Waals surface area contributed by atoms with Crippen LogP contribution in [0.3, 0.4) is 0 Å². The standard InChI is InChI=1S/C16H25N3O2/c1-13(2)19(12-14-8-6-5-7-9-14)16(21)15(20)17-10-11-18(3)4/h5-9,13H,10-12H2,1-4H3,(H,17,20). The SMILES string of the molecule is CC(C)N(Cc1ccccc1)C(=O)C(=O)NCCN(C)C. The second kappa shape index (κ2) is 8.42. The zero-order chi connectivity index (χ0) is 15.8. The summed E-state index contributed by atoms with van der Waals surface area (Å²) in [7, 11) is 3.84. The first-order valence-corrected chi connectivity index (χ1v) is 7.19. The molecular weight excluding hydrogens is 266 g/mol. The zero-order valence-corrected chi connectivity index (χ0v) is 13.3. The highest BCUT2D eigenvalue weighted by Gasteiger charge is 2.23. The maximum absolute atomic E-state index is 12.3. The van der Waals surface area contributed by atoms with E-state index in [1.165, 1.54) is 0 Å². The van der Waals surface area contributed by atoms with Crippen molar-refractivity contribution in [3.05, 3.63) is 35.9 Å². The normalized spacial score (nSPS) is 10.8. The van der Waals surface area contributed by atoms with E-state index in [4.69, 9.17) is 0 Å². The molecule has 1 rings (SSSR count). The topological polar surface area (TPSA) is 52.7 Å². The number of nitrogens with one attached hydrogen (secondary N) is 1. The molecule has 0 radical (unpaired) electrons. The number of nitrogens with zero attached hydrogens (tertiary/aromatic N) is 2. The summed E-state index contributed by atoms with van der Waals surface area (Å²) in [5.41, 5.74) is 1.01. The first-order chi connectivity index (χ1) is 9.91. The van der Waals surface area contributed by atoms with Crippen LogP contribution in [0.2, 0.25) is 0 Å². The number of benzene rings is 1. The molecular formula is C16H25N3O2. The van der Waals surface area contributed by atoms with Crippen LogP contribution in [0.5, 0.6) is 0 Å². The van der Waals surface area contributed by atoms with Crippen molar-refractivity contribution in [2.24, 2.45) is 0 Å². The Hall–Kier alpha value is -1.88. The van der Waals surface area contributed by atoms with Crippen molar-refractivity contribution in [1.82, 2.24) is 15.1 Å². The molecule has 0 aliphatic carbocycles. The molecule has 0 spiro atoms. The molecule has 5 heteroatoms. The van der Waals surface area contributed by atoms with Crippen LogP contribution in [0.15, 0.2) is 30.3 Å². The molecule has 0 aromatic heterocycles. The molecule has 0 aliphatic heterocycles. The average molecular weight is 291 g/mol. The van der Waals surface area contributed by atoms with Gasteiger partial charge in [0.05, 0.1) is 0 Å². The Bertz CT molecular complexity index is 458. The lowest BCUT2D eigenvalue weighted by molar-refractivity contribution is -0.147. The van der Waals surface area contributed by atoms with Gasteiger partial charge in [-0.05, 0) is 33.5 Å². The van der Waals surface area contributed by atoms with Crippen molar-refractivity contribution in [2.45, 2.75) is 26.4 Å². The number of hydrogen-bond acceptors (Lipinski definition) is 3. The molecule has 0 bridgehead atoms. The van der Waals surface area contributed by atoms with Crippen LogP contribution in [0.25, 0.3) is 0 Å². The fourth-order valence-electron chi connectivity index (χ4n) is 1.87. The van der Waals surface area contributed by atoms with Crippen molar-refractivity contribution >= 4 is 11.8 Å². The number of rotatable bonds is 6. The van der Waals surface area contributed by atoms with Gasteiger partial charge in [0.15, 0.2) is 0 Å². The van der Waals surface area contributed by atoms with Gasteiger partial charge in [-0.15, -0.1) is 0 Å². The molecule has 5 nitrogen and oxygen atoms in total. The van der Waals surface area contributed by atoms with Crippen LogP contribution < -0.4 is 5.32 Å². The average Bonchev–Trinajstić information content (AvgIpc) is 2.44. The Morgan fingerprint density at radius 3 is 2.29 bits per heavy atom. The first kappa shape index (κ1) is 17.2.